The van der Waals surface area contributed by atoms with Crippen LogP contribution in [-0.4, -0.2) is 32.8 Å². The molecule has 4 aliphatic carbocycles. The first kappa shape index (κ1) is 16.0. The van der Waals surface area contributed by atoms with Crippen LogP contribution < -0.4 is 0 Å². The molecule has 4 saturated carbocycles. The SMILES string of the molecule is COC(=O)C12CCC(c3nc(-c4cccnc4)nn3C3CC3)(CC1)CC2. The summed E-state index contributed by atoms with van der Waals surface area (Å²) in [5.41, 5.74) is 0.777. The monoisotopic (exact) mass is 352 g/mol. The van der Waals surface area contributed by atoms with E-state index in [2.05, 4.69) is 9.67 Å². The van der Waals surface area contributed by atoms with Crippen molar-refractivity contribution in [3.8, 4) is 11.4 Å². The van der Waals surface area contributed by atoms with Crippen LogP contribution in [0.4, 0.5) is 0 Å². The van der Waals surface area contributed by atoms with Gasteiger partial charge in [-0.25, -0.2) is 9.67 Å². The highest BCUT2D eigenvalue weighted by atomic mass is 16.5. The number of methoxy groups -OCH3 is 1. The molecule has 6 rings (SSSR count). The van der Waals surface area contributed by atoms with E-state index >= 15 is 0 Å². The summed E-state index contributed by atoms with van der Waals surface area (Å²) in [6.07, 6.45) is 11.7. The largest absolute Gasteiger partial charge is 0.469 e. The molecule has 0 aromatic carbocycles. The number of nitrogens with zero attached hydrogens (tertiary/aromatic N) is 4. The highest BCUT2D eigenvalue weighted by Crippen LogP contribution is 2.58. The molecule has 0 saturated heterocycles. The number of hydrogen-bond acceptors (Lipinski definition) is 5. The van der Waals surface area contributed by atoms with E-state index in [1.165, 1.54) is 20.0 Å². The van der Waals surface area contributed by atoms with Crippen LogP contribution in [0.5, 0.6) is 0 Å². The maximum absolute atomic E-state index is 12.3. The summed E-state index contributed by atoms with van der Waals surface area (Å²) in [6.45, 7) is 0. The van der Waals surface area contributed by atoms with Crippen molar-refractivity contribution in [1.82, 2.24) is 19.7 Å². The van der Waals surface area contributed by atoms with E-state index in [4.69, 9.17) is 14.8 Å². The number of pyridine rings is 1. The Balaban J connectivity index is 1.51. The summed E-state index contributed by atoms with van der Waals surface area (Å²) >= 11 is 0. The fraction of sp³-hybridized carbons (Fsp3) is 0.600. The highest BCUT2D eigenvalue weighted by molar-refractivity contribution is 5.77. The van der Waals surface area contributed by atoms with Crippen molar-refractivity contribution in [2.45, 2.75) is 62.8 Å². The molecule has 26 heavy (non-hydrogen) atoms. The van der Waals surface area contributed by atoms with Gasteiger partial charge < -0.3 is 4.74 Å². The lowest BCUT2D eigenvalue weighted by atomic mass is 9.53. The Kier molecular flexibility index (Phi) is 3.46. The van der Waals surface area contributed by atoms with E-state index in [9.17, 15) is 4.79 Å². The van der Waals surface area contributed by atoms with Crippen molar-refractivity contribution in [2.75, 3.05) is 7.11 Å². The third kappa shape index (κ3) is 2.31. The second kappa shape index (κ2) is 5.63. The van der Waals surface area contributed by atoms with Crippen LogP contribution >= 0.6 is 0 Å². The van der Waals surface area contributed by atoms with Gasteiger partial charge in [0, 0.05) is 23.4 Å². The summed E-state index contributed by atoms with van der Waals surface area (Å²) in [7, 11) is 1.51. The van der Waals surface area contributed by atoms with Crippen molar-refractivity contribution in [3.05, 3.63) is 30.4 Å². The van der Waals surface area contributed by atoms with E-state index in [1.54, 1.807) is 6.20 Å². The molecule has 0 spiro atoms. The van der Waals surface area contributed by atoms with Gasteiger partial charge in [0.1, 0.15) is 5.82 Å². The minimum atomic E-state index is -0.257. The molecule has 0 atom stereocenters. The second-order valence-electron chi connectivity index (χ2n) is 8.23. The van der Waals surface area contributed by atoms with Gasteiger partial charge in [0.2, 0.25) is 0 Å². The molecule has 0 radical (unpaired) electrons. The van der Waals surface area contributed by atoms with Crippen LogP contribution in [0.2, 0.25) is 0 Å². The Morgan fingerprint density at radius 3 is 2.50 bits per heavy atom. The zero-order valence-corrected chi connectivity index (χ0v) is 15.1. The number of aromatic nitrogens is 4. The number of esters is 1. The van der Waals surface area contributed by atoms with Crippen molar-refractivity contribution in [2.24, 2.45) is 5.41 Å². The van der Waals surface area contributed by atoms with Gasteiger partial charge in [-0.2, -0.15) is 5.10 Å². The average Bonchev–Trinajstić information content (AvgIpc) is 3.47. The number of carbonyl (C=O) groups is 1. The van der Waals surface area contributed by atoms with Crippen LogP contribution in [-0.2, 0) is 14.9 Å². The third-order valence-electron chi connectivity index (χ3n) is 6.78. The number of fused-ring (bicyclic) bond motifs is 3. The fourth-order valence-corrected chi connectivity index (χ4v) is 4.92. The van der Waals surface area contributed by atoms with Crippen molar-refractivity contribution < 1.29 is 9.53 Å². The van der Waals surface area contributed by atoms with Crippen LogP contribution in [0, 0.1) is 5.41 Å². The molecule has 136 valence electrons. The summed E-state index contributed by atoms with van der Waals surface area (Å²) in [5.74, 6) is 1.90. The molecule has 6 heteroatoms. The molecule has 4 aliphatic rings. The van der Waals surface area contributed by atoms with Crippen LogP contribution in [0.1, 0.15) is 63.2 Å². The Morgan fingerprint density at radius 1 is 1.19 bits per heavy atom. The molecule has 2 heterocycles. The number of hydrogen-bond donors (Lipinski definition) is 0. The molecule has 2 bridgehead atoms. The average molecular weight is 352 g/mol. The minimum absolute atomic E-state index is 0.0227. The number of ether oxygens (including phenoxy) is 1. The van der Waals surface area contributed by atoms with E-state index in [1.807, 2.05) is 18.3 Å². The molecule has 0 N–H and O–H groups in total. The van der Waals surface area contributed by atoms with E-state index in [0.717, 1.165) is 55.7 Å². The smallest absolute Gasteiger partial charge is 0.311 e. The lowest BCUT2D eigenvalue weighted by molar-refractivity contribution is -0.160. The van der Waals surface area contributed by atoms with Crippen molar-refractivity contribution in [1.29, 1.82) is 0 Å². The summed E-state index contributed by atoms with van der Waals surface area (Å²) in [5, 5.41) is 4.87. The van der Waals surface area contributed by atoms with E-state index < -0.39 is 0 Å². The number of rotatable bonds is 4. The van der Waals surface area contributed by atoms with Crippen molar-refractivity contribution in [3.63, 3.8) is 0 Å². The molecule has 4 fully saturated rings. The Labute approximate surface area is 153 Å². The Morgan fingerprint density at radius 2 is 1.92 bits per heavy atom. The normalized spacial score (nSPS) is 30.3. The van der Waals surface area contributed by atoms with Gasteiger partial charge in [-0.3, -0.25) is 9.78 Å². The zero-order chi connectivity index (χ0) is 17.8. The summed E-state index contributed by atoms with van der Waals surface area (Å²) in [4.78, 5) is 21.5. The molecule has 2 aromatic rings. The van der Waals surface area contributed by atoms with Gasteiger partial charge in [0.25, 0.3) is 0 Å². The highest BCUT2D eigenvalue weighted by Gasteiger charge is 2.56. The van der Waals surface area contributed by atoms with E-state index in [0.29, 0.717) is 6.04 Å². The quantitative estimate of drug-likeness (QED) is 0.788. The predicted octanol–water partition coefficient (Wildman–Crippen LogP) is 3.44. The molecular formula is C20H24N4O2. The van der Waals surface area contributed by atoms with Crippen LogP contribution in [0.25, 0.3) is 11.4 Å². The first-order valence-electron chi connectivity index (χ1n) is 9.62. The summed E-state index contributed by atoms with van der Waals surface area (Å²) in [6, 6.07) is 4.44. The standard InChI is InChI=1S/C20H24N4O2/c1-26-18(25)20-9-6-19(7-10-20,8-11-20)17-22-16(14-3-2-12-21-13-14)23-24(17)15-4-5-15/h2-3,12-13,15H,4-11H2,1H3. The third-order valence-corrected chi connectivity index (χ3v) is 6.78. The Bertz CT molecular complexity index is 816. The molecule has 0 aliphatic heterocycles. The van der Waals surface area contributed by atoms with Crippen molar-refractivity contribution >= 4 is 5.97 Å². The van der Waals surface area contributed by atoms with Gasteiger partial charge in [-0.05, 0) is 63.5 Å². The molecular weight excluding hydrogens is 328 g/mol. The van der Waals surface area contributed by atoms with Gasteiger partial charge in [0.15, 0.2) is 5.82 Å². The van der Waals surface area contributed by atoms with Crippen LogP contribution in [0.3, 0.4) is 0 Å². The Hall–Kier alpha value is -2.24. The lowest BCUT2D eigenvalue weighted by Gasteiger charge is -2.51. The molecule has 0 amide bonds. The lowest BCUT2D eigenvalue weighted by Crippen LogP contribution is -2.49. The van der Waals surface area contributed by atoms with Gasteiger partial charge in [-0.15, -0.1) is 0 Å². The minimum Gasteiger partial charge on any atom is -0.469 e. The molecule has 6 nitrogen and oxygen atoms in total. The maximum atomic E-state index is 12.3. The van der Waals surface area contributed by atoms with Crippen LogP contribution in [0.15, 0.2) is 24.5 Å². The first-order chi connectivity index (χ1) is 12.7. The number of carbonyl (C=O) groups excluding carboxylic acids is 1. The van der Waals surface area contributed by atoms with E-state index in [-0.39, 0.29) is 16.8 Å². The topological polar surface area (TPSA) is 69.9 Å². The second-order valence-corrected chi connectivity index (χ2v) is 8.23. The fourth-order valence-electron chi connectivity index (χ4n) is 4.92. The van der Waals surface area contributed by atoms with Gasteiger partial charge >= 0.3 is 5.97 Å². The maximum Gasteiger partial charge on any atom is 0.311 e. The predicted molar refractivity (Wildman–Crippen MR) is 95.4 cm³/mol. The molecule has 0 unspecified atom stereocenters. The van der Waals surface area contributed by atoms with Gasteiger partial charge in [-0.1, -0.05) is 0 Å². The zero-order valence-electron chi connectivity index (χ0n) is 15.1. The first-order valence-corrected chi connectivity index (χ1v) is 9.62. The van der Waals surface area contributed by atoms with Gasteiger partial charge in [0.05, 0.1) is 18.6 Å². The summed E-state index contributed by atoms with van der Waals surface area (Å²) < 4.78 is 7.30. The molecule has 2 aromatic heterocycles.